The number of morpholine rings is 1. The van der Waals surface area contributed by atoms with Crippen LogP contribution in [0.4, 0.5) is 0 Å². The molecule has 0 spiro atoms. The molecule has 25 heavy (non-hydrogen) atoms. The van der Waals surface area contributed by atoms with Crippen LogP contribution < -0.4 is 0 Å². The average molecular weight is 363 g/mol. The molecule has 1 aromatic carbocycles. The largest absolute Gasteiger partial charge is 0.377 e. The smallest absolute Gasteiger partial charge is 0.153 e. The Balaban J connectivity index is 2.00. The molecule has 2 aliphatic rings. The highest BCUT2D eigenvalue weighted by Crippen LogP contribution is 2.30. The van der Waals surface area contributed by atoms with Gasteiger partial charge >= 0.3 is 0 Å². The van der Waals surface area contributed by atoms with Crippen LogP contribution in [0.15, 0.2) is 47.1 Å². The van der Waals surface area contributed by atoms with Crippen LogP contribution in [0.25, 0.3) is 0 Å². The van der Waals surface area contributed by atoms with Gasteiger partial charge in [0.1, 0.15) is 12.0 Å². The summed E-state index contributed by atoms with van der Waals surface area (Å²) in [6.07, 6.45) is 2.94. The molecule has 2 atom stereocenters. The first-order valence-electron chi connectivity index (χ1n) is 8.43. The standard InChI is InChI=1S/C18H25N3O3S/c1-14-12-24-10-9-21(14)17-11-16(13-25(3,22)23)20(2)18(19-17)15-7-5-4-6-8-15/h4-8,11,14,18H,9-10,12-13H2,1-3H3/t14-,18?/m0/s1. The molecule has 1 aromatic rings. The fraction of sp³-hybridized carbons (Fsp3) is 0.500. The van der Waals surface area contributed by atoms with Crippen molar-refractivity contribution in [3.63, 3.8) is 0 Å². The number of ether oxygens (including phenoxy) is 1. The quantitative estimate of drug-likeness (QED) is 0.818. The topological polar surface area (TPSA) is 62.2 Å². The summed E-state index contributed by atoms with van der Waals surface area (Å²) in [5.74, 6) is 0.839. The maximum atomic E-state index is 11.9. The van der Waals surface area contributed by atoms with E-state index in [1.54, 1.807) is 0 Å². The van der Waals surface area contributed by atoms with Crippen LogP contribution in [0, 0.1) is 0 Å². The molecular formula is C18H25N3O3S. The van der Waals surface area contributed by atoms with Crippen molar-refractivity contribution in [3.05, 3.63) is 47.7 Å². The van der Waals surface area contributed by atoms with Crippen molar-refractivity contribution in [2.75, 3.05) is 38.8 Å². The zero-order chi connectivity index (χ0) is 18.0. The van der Waals surface area contributed by atoms with Crippen LogP contribution in [0.5, 0.6) is 0 Å². The van der Waals surface area contributed by atoms with Gasteiger partial charge in [0.05, 0.1) is 25.0 Å². The molecule has 0 bridgehead atoms. The van der Waals surface area contributed by atoms with Crippen LogP contribution in [0.3, 0.4) is 0 Å². The summed E-state index contributed by atoms with van der Waals surface area (Å²) in [6.45, 7) is 4.17. The molecule has 1 fully saturated rings. The predicted molar refractivity (Wildman–Crippen MR) is 99.2 cm³/mol. The highest BCUT2D eigenvalue weighted by molar-refractivity contribution is 7.90. The Hall–Kier alpha value is -1.86. The summed E-state index contributed by atoms with van der Waals surface area (Å²) in [5.41, 5.74) is 1.81. The van der Waals surface area contributed by atoms with E-state index in [9.17, 15) is 8.42 Å². The molecule has 136 valence electrons. The Kier molecular flexibility index (Phi) is 5.15. The van der Waals surface area contributed by atoms with E-state index >= 15 is 0 Å². The second-order valence-corrected chi connectivity index (χ2v) is 8.85. The van der Waals surface area contributed by atoms with E-state index in [0.717, 1.165) is 23.6 Å². The van der Waals surface area contributed by atoms with Crippen molar-refractivity contribution in [3.8, 4) is 0 Å². The van der Waals surface area contributed by atoms with Crippen molar-refractivity contribution < 1.29 is 13.2 Å². The minimum absolute atomic E-state index is 0.00454. The number of hydrogen-bond acceptors (Lipinski definition) is 6. The number of rotatable bonds is 3. The summed E-state index contributed by atoms with van der Waals surface area (Å²) in [5, 5.41) is 0. The third kappa shape index (κ3) is 4.22. The first-order chi connectivity index (χ1) is 11.8. The number of hydrogen-bond donors (Lipinski definition) is 0. The zero-order valence-corrected chi connectivity index (χ0v) is 15.7. The predicted octanol–water partition coefficient (Wildman–Crippen LogP) is 1.68. The number of nitrogens with zero attached hydrogens (tertiary/aromatic N) is 3. The molecule has 0 radical (unpaired) electrons. The lowest BCUT2D eigenvalue weighted by Crippen LogP contribution is -2.48. The van der Waals surface area contributed by atoms with Gasteiger partial charge in [0.15, 0.2) is 9.84 Å². The highest BCUT2D eigenvalue weighted by Gasteiger charge is 2.29. The second-order valence-electron chi connectivity index (χ2n) is 6.71. The van der Waals surface area contributed by atoms with E-state index in [-0.39, 0.29) is 18.0 Å². The van der Waals surface area contributed by atoms with E-state index in [1.807, 2.05) is 48.4 Å². The zero-order valence-electron chi connectivity index (χ0n) is 14.9. The van der Waals surface area contributed by atoms with Gasteiger partial charge in [-0.3, -0.25) is 0 Å². The van der Waals surface area contributed by atoms with Crippen molar-refractivity contribution in [1.82, 2.24) is 9.80 Å². The third-order valence-electron chi connectivity index (χ3n) is 4.54. The van der Waals surface area contributed by atoms with E-state index in [2.05, 4.69) is 11.8 Å². The molecule has 0 aliphatic carbocycles. The Morgan fingerprint density at radius 1 is 1.28 bits per heavy atom. The summed E-state index contributed by atoms with van der Waals surface area (Å²) in [4.78, 5) is 9.08. The van der Waals surface area contributed by atoms with Crippen LogP contribution in [0.2, 0.25) is 0 Å². The lowest BCUT2D eigenvalue weighted by Gasteiger charge is -2.40. The van der Waals surface area contributed by atoms with Gasteiger partial charge < -0.3 is 14.5 Å². The fourth-order valence-electron chi connectivity index (χ4n) is 3.22. The third-order valence-corrected chi connectivity index (χ3v) is 5.36. The fourth-order valence-corrected chi connectivity index (χ4v) is 4.04. The van der Waals surface area contributed by atoms with Gasteiger partial charge in [0.2, 0.25) is 0 Å². The molecule has 2 heterocycles. The molecular weight excluding hydrogens is 338 g/mol. The summed E-state index contributed by atoms with van der Waals surface area (Å²) >= 11 is 0. The van der Waals surface area contributed by atoms with Crippen molar-refractivity contribution in [2.24, 2.45) is 4.99 Å². The van der Waals surface area contributed by atoms with Gasteiger partial charge in [0.25, 0.3) is 0 Å². The lowest BCUT2D eigenvalue weighted by molar-refractivity contribution is 0.0329. The van der Waals surface area contributed by atoms with E-state index in [4.69, 9.17) is 9.73 Å². The molecule has 0 aromatic heterocycles. The van der Waals surface area contributed by atoms with Gasteiger partial charge in [-0.05, 0) is 12.5 Å². The van der Waals surface area contributed by atoms with Gasteiger partial charge in [-0.25, -0.2) is 13.4 Å². The van der Waals surface area contributed by atoms with Crippen LogP contribution in [-0.4, -0.2) is 68.9 Å². The first-order valence-corrected chi connectivity index (χ1v) is 10.5. The molecule has 0 N–H and O–H groups in total. The Morgan fingerprint density at radius 3 is 2.64 bits per heavy atom. The van der Waals surface area contributed by atoms with Gasteiger partial charge in [-0.1, -0.05) is 30.3 Å². The SMILES string of the molecule is C[C@H]1COCCN1C1=NC(c2ccccc2)N(C)C(CS(C)(=O)=O)=C1. The highest BCUT2D eigenvalue weighted by atomic mass is 32.2. The number of aliphatic imine (C=N–C) groups is 1. The van der Waals surface area contributed by atoms with Crippen molar-refractivity contribution >= 4 is 15.7 Å². The van der Waals surface area contributed by atoms with E-state index in [0.29, 0.717) is 13.2 Å². The van der Waals surface area contributed by atoms with Gasteiger partial charge in [-0.2, -0.15) is 0 Å². The molecule has 7 heteroatoms. The summed E-state index contributed by atoms with van der Waals surface area (Å²) in [6, 6.07) is 10.2. The van der Waals surface area contributed by atoms with Crippen LogP contribution in [0.1, 0.15) is 18.7 Å². The molecule has 1 unspecified atom stereocenters. The number of amidine groups is 1. The maximum Gasteiger partial charge on any atom is 0.153 e. The minimum atomic E-state index is -3.14. The average Bonchev–Trinajstić information content (AvgIpc) is 2.57. The molecule has 0 amide bonds. The Bertz CT molecular complexity index is 774. The minimum Gasteiger partial charge on any atom is -0.377 e. The second kappa shape index (κ2) is 7.17. The summed E-state index contributed by atoms with van der Waals surface area (Å²) < 4.78 is 29.3. The van der Waals surface area contributed by atoms with E-state index < -0.39 is 9.84 Å². The van der Waals surface area contributed by atoms with Crippen molar-refractivity contribution in [1.29, 1.82) is 0 Å². The van der Waals surface area contributed by atoms with Gasteiger partial charge in [-0.15, -0.1) is 0 Å². The number of sulfone groups is 1. The van der Waals surface area contributed by atoms with Gasteiger partial charge in [0, 0.05) is 31.6 Å². The molecule has 3 rings (SSSR count). The molecule has 6 nitrogen and oxygen atoms in total. The number of benzene rings is 1. The van der Waals surface area contributed by atoms with Crippen molar-refractivity contribution in [2.45, 2.75) is 19.1 Å². The first kappa shape index (κ1) is 17.9. The molecule has 0 saturated carbocycles. The Labute approximate surface area is 149 Å². The lowest BCUT2D eigenvalue weighted by atomic mass is 10.1. The van der Waals surface area contributed by atoms with E-state index in [1.165, 1.54) is 6.26 Å². The Morgan fingerprint density at radius 2 is 2.00 bits per heavy atom. The monoisotopic (exact) mass is 363 g/mol. The molecule has 2 aliphatic heterocycles. The summed E-state index contributed by atoms with van der Waals surface area (Å²) in [7, 11) is -1.24. The van der Waals surface area contributed by atoms with Crippen LogP contribution >= 0.6 is 0 Å². The van der Waals surface area contributed by atoms with Crippen LogP contribution in [-0.2, 0) is 14.6 Å². The maximum absolute atomic E-state index is 11.9. The normalized spacial score (nSPS) is 24.8. The molecule has 1 saturated heterocycles.